The van der Waals surface area contributed by atoms with E-state index in [0.717, 1.165) is 19.0 Å². The molecular formula is C17H32N4. The van der Waals surface area contributed by atoms with E-state index in [1.807, 2.05) is 11.7 Å². The number of nitrogens with one attached hydrogen (secondary N) is 1. The van der Waals surface area contributed by atoms with E-state index in [4.69, 9.17) is 5.10 Å². The normalized spacial score (nSPS) is 20.2. The van der Waals surface area contributed by atoms with E-state index in [0.29, 0.717) is 0 Å². The Morgan fingerprint density at radius 3 is 2.76 bits per heavy atom. The minimum absolute atomic E-state index is 0.113. The van der Waals surface area contributed by atoms with E-state index in [-0.39, 0.29) is 5.41 Å². The van der Waals surface area contributed by atoms with Gasteiger partial charge in [0.1, 0.15) is 0 Å². The smallest absolute Gasteiger partial charge is 0.0722 e. The van der Waals surface area contributed by atoms with Crippen LogP contribution in [0.4, 0.5) is 0 Å². The molecule has 1 unspecified atom stereocenters. The van der Waals surface area contributed by atoms with E-state index in [9.17, 15) is 0 Å². The van der Waals surface area contributed by atoms with E-state index >= 15 is 0 Å². The lowest BCUT2D eigenvalue weighted by molar-refractivity contribution is 0.208. The Bertz CT molecular complexity index is 438. The lowest BCUT2D eigenvalue weighted by Gasteiger charge is -2.30. The second-order valence-corrected chi connectivity index (χ2v) is 7.47. The van der Waals surface area contributed by atoms with Crippen LogP contribution in [-0.2, 0) is 19.0 Å². The highest BCUT2D eigenvalue weighted by Crippen LogP contribution is 2.25. The van der Waals surface area contributed by atoms with Crippen molar-refractivity contribution in [2.75, 3.05) is 26.2 Å². The molecule has 1 aliphatic rings. The summed E-state index contributed by atoms with van der Waals surface area (Å²) >= 11 is 0. The topological polar surface area (TPSA) is 33.1 Å². The van der Waals surface area contributed by atoms with Gasteiger partial charge in [0.15, 0.2) is 0 Å². The summed E-state index contributed by atoms with van der Waals surface area (Å²) in [7, 11) is 2.03. The van der Waals surface area contributed by atoms with Crippen LogP contribution in [0, 0.1) is 5.92 Å². The zero-order valence-corrected chi connectivity index (χ0v) is 14.4. The molecule has 0 amide bonds. The summed E-state index contributed by atoms with van der Waals surface area (Å²) in [5, 5.41) is 8.22. The fourth-order valence-corrected chi connectivity index (χ4v) is 3.28. The zero-order valence-electron chi connectivity index (χ0n) is 14.4. The Balaban J connectivity index is 2.04. The minimum Gasteiger partial charge on any atom is -0.316 e. The van der Waals surface area contributed by atoms with Gasteiger partial charge in [0.25, 0.3) is 0 Å². The maximum atomic E-state index is 4.69. The number of nitrogens with zero attached hydrogens (tertiary/aromatic N) is 3. The summed E-state index contributed by atoms with van der Waals surface area (Å²) in [6.07, 6.45) is 4.88. The van der Waals surface area contributed by atoms with Crippen molar-refractivity contribution in [1.29, 1.82) is 0 Å². The van der Waals surface area contributed by atoms with Crippen molar-refractivity contribution in [3.63, 3.8) is 0 Å². The van der Waals surface area contributed by atoms with Crippen molar-refractivity contribution < 1.29 is 0 Å². The summed E-state index contributed by atoms with van der Waals surface area (Å²) in [6.45, 7) is 14.7. The van der Waals surface area contributed by atoms with Gasteiger partial charge in [-0.3, -0.25) is 9.58 Å². The quantitative estimate of drug-likeness (QED) is 0.905. The second-order valence-electron chi connectivity index (χ2n) is 7.47. The van der Waals surface area contributed by atoms with Crippen molar-refractivity contribution in [1.82, 2.24) is 20.0 Å². The van der Waals surface area contributed by atoms with Gasteiger partial charge >= 0.3 is 0 Å². The molecular weight excluding hydrogens is 260 g/mol. The van der Waals surface area contributed by atoms with Crippen molar-refractivity contribution in [3.05, 3.63) is 17.5 Å². The fourth-order valence-electron chi connectivity index (χ4n) is 3.28. The van der Waals surface area contributed by atoms with Crippen LogP contribution in [0.3, 0.4) is 0 Å². The standard InChI is InChI=1S/C17H32N4/c1-6-21(11-14-8-7-9-18-10-14)13-15-12-20(5)19-16(15)17(2,3)4/h12,14,18H,6-11,13H2,1-5H3. The number of aromatic nitrogens is 2. The Morgan fingerprint density at radius 2 is 2.19 bits per heavy atom. The lowest BCUT2D eigenvalue weighted by atomic mass is 9.89. The Kier molecular flexibility index (Phi) is 5.44. The first kappa shape index (κ1) is 16.5. The van der Waals surface area contributed by atoms with Crippen LogP contribution in [0.2, 0.25) is 0 Å². The van der Waals surface area contributed by atoms with Crippen LogP contribution in [0.5, 0.6) is 0 Å². The number of piperidine rings is 1. The highest BCUT2D eigenvalue weighted by atomic mass is 15.3. The van der Waals surface area contributed by atoms with Crippen LogP contribution < -0.4 is 5.32 Å². The monoisotopic (exact) mass is 292 g/mol. The van der Waals surface area contributed by atoms with Crippen molar-refractivity contribution in [3.8, 4) is 0 Å². The summed E-state index contributed by atoms with van der Waals surface area (Å²) in [4.78, 5) is 2.57. The van der Waals surface area contributed by atoms with Gasteiger partial charge in [-0.05, 0) is 38.4 Å². The minimum atomic E-state index is 0.113. The molecule has 1 aromatic rings. The summed E-state index contributed by atoms with van der Waals surface area (Å²) in [5.41, 5.74) is 2.74. The van der Waals surface area contributed by atoms with Gasteiger partial charge in [-0.2, -0.15) is 5.10 Å². The van der Waals surface area contributed by atoms with Crippen molar-refractivity contribution >= 4 is 0 Å². The molecule has 0 aromatic carbocycles. The third-order valence-corrected chi connectivity index (χ3v) is 4.37. The van der Waals surface area contributed by atoms with Gasteiger partial charge in [-0.15, -0.1) is 0 Å². The van der Waals surface area contributed by atoms with E-state index < -0.39 is 0 Å². The average Bonchev–Trinajstić information content (AvgIpc) is 2.80. The number of rotatable bonds is 5. The van der Waals surface area contributed by atoms with Crippen LogP contribution in [-0.4, -0.2) is 40.9 Å². The maximum absolute atomic E-state index is 4.69. The molecule has 1 saturated heterocycles. The molecule has 1 fully saturated rings. The number of aryl methyl sites for hydroxylation is 1. The first-order valence-electron chi connectivity index (χ1n) is 8.36. The molecule has 4 heteroatoms. The molecule has 0 radical (unpaired) electrons. The predicted molar refractivity (Wildman–Crippen MR) is 88.5 cm³/mol. The fraction of sp³-hybridized carbons (Fsp3) is 0.824. The summed E-state index contributed by atoms with van der Waals surface area (Å²) in [5.74, 6) is 0.799. The van der Waals surface area contributed by atoms with Crippen LogP contribution in [0.1, 0.15) is 51.8 Å². The average molecular weight is 292 g/mol. The zero-order chi connectivity index (χ0) is 15.5. The molecule has 2 heterocycles. The molecule has 1 N–H and O–H groups in total. The highest BCUT2D eigenvalue weighted by Gasteiger charge is 2.24. The third kappa shape index (κ3) is 4.55. The predicted octanol–water partition coefficient (Wildman–Crippen LogP) is 2.54. The van der Waals surface area contributed by atoms with Crippen LogP contribution in [0.25, 0.3) is 0 Å². The molecule has 0 bridgehead atoms. The highest BCUT2D eigenvalue weighted by molar-refractivity contribution is 5.24. The maximum Gasteiger partial charge on any atom is 0.0722 e. The van der Waals surface area contributed by atoms with E-state index in [1.54, 1.807) is 0 Å². The SMILES string of the molecule is CCN(Cc1cn(C)nc1C(C)(C)C)CC1CCCNC1. The Labute approximate surface area is 129 Å². The first-order chi connectivity index (χ1) is 9.90. The molecule has 0 saturated carbocycles. The Hall–Kier alpha value is -0.870. The molecule has 4 nitrogen and oxygen atoms in total. The van der Waals surface area contributed by atoms with E-state index in [1.165, 1.54) is 43.7 Å². The van der Waals surface area contributed by atoms with Gasteiger partial charge in [0.2, 0.25) is 0 Å². The molecule has 0 aliphatic carbocycles. The Morgan fingerprint density at radius 1 is 1.43 bits per heavy atom. The molecule has 120 valence electrons. The van der Waals surface area contributed by atoms with Gasteiger partial charge in [-0.1, -0.05) is 27.7 Å². The molecule has 21 heavy (non-hydrogen) atoms. The number of hydrogen-bond donors (Lipinski definition) is 1. The summed E-state index contributed by atoms with van der Waals surface area (Å²) in [6, 6.07) is 0. The third-order valence-electron chi connectivity index (χ3n) is 4.37. The molecule has 2 rings (SSSR count). The lowest BCUT2D eigenvalue weighted by Crippen LogP contribution is -2.38. The van der Waals surface area contributed by atoms with Crippen LogP contribution >= 0.6 is 0 Å². The number of hydrogen-bond acceptors (Lipinski definition) is 3. The van der Waals surface area contributed by atoms with Gasteiger partial charge < -0.3 is 5.32 Å². The molecule has 1 atom stereocenters. The largest absolute Gasteiger partial charge is 0.316 e. The van der Waals surface area contributed by atoms with Gasteiger partial charge in [0.05, 0.1) is 5.69 Å². The van der Waals surface area contributed by atoms with E-state index in [2.05, 4.69) is 44.1 Å². The molecule has 1 aromatic heterocycles. The molecule has 1 aliphatic heterocycles. The van der Waals surface area contributed by atoms with Gasteiger partial charge in [0, 0.05) is 37.3 Å². The summed E-state index contributed by atoms with van der Waals surface area (Å²) < 4.78 is 1.96. The van der Waals surface area contributed by atoms with Crippen molar-refractivity contribution in [2.45, 2.75) is 52.5 Å². The van der Waals surface area contributed by atoms with Crippen LogP contribution in [0.15, 0.2) is 6.20 Å². The van der Waals surface area contributed by atoms with Crippen molar-refractivity contribution in [2.24, 2.45) is 13.0 Å². The molecule has 0 spiro atoms. The first-order valence-corrected chi connectivity index (χ1v) is 8.36. The second kappa shape index (κ2) is 6.93. The van der Waals surface area contributed by atoms with Gasteiger partial charge in [-0.25, -0.2) is 0 Å².